The van der Waals surface area contributed by atoms with Gasteiger partial charge in [0.25, 0.3) is 5.91 Å². The van der Waals surface area contributed by atoms with E-state index in [1.807, 2.05) is 13.8 Å². The Balaban J connectivity index is 2.36. The molecule has 23 heavy (non-hydrogen) atoms. The molecule has 0 aliphatic carbocycles. The van der Waals surface area contributed by atoms with Crippen LogP contribution in [0.15, 0.2) is 39.8 Å². The third-order valence-electron chi connectivity index (χ3n) is 3.79. The van der Waals surface area contributed by atoms with Crippen molar-refractivity contribution < 1.29 is 17.7 Å². The lowest BCUT2D eigenvalue weighted by molar-refractivity contribution is 0.0957. The van der Waals surface area contributed by atoms with Crippen LogP contribution in [0.5, 0.6) is 0 Å². The van der Waals surface area contributed by atoms with Crippen LogP contribution in [0.3, 0.4) is 0 Å². The van der Waals surface area contributed by atoms with Crippen LogP contribution in [0.2, 0.25) is 0 Å². The first kappa shape index (κ1) is 17.2. The molecule has 0 N–H and O–H groups in total. The van der Waals surface area contributed by atoms with Gasteiger partial charge >= 0.3 is 0 Å². The molecule has 1 aromatic heterocycles. The first-order valence-corrected chi connectivity index (χ1v) is 9.18. The van der Waals surface area contributed by atoms with E-state index in [1.54, 1.807) is 24.3 Å². The van der Waals surface area contributed by atoms with E-state index < -0.39 is 15.7 Å². The number of carbonyl (C=O) groups is 1. The summed E-state index contributed by atoms with van der Waals surface area (Å²) in [6, 6.07) is 7.96. The third-order valence-corrected chi connectivity index (χ3v) is 4.93. The Kier molecular flexibility index (Phi) is 4.89. The summed E-state index contributed by atoms with van der Waals surface area (Å²) >= 11 is 0. The van der Waals surface area contributed by atoms with E-state index >= 15 is 0 Å². The molecule has 0 saturated heterocycles. The number of hydrogen-bond acceptors (Lipinski definition) is 5. The number of para-hydroxylation sites is 1. The SMILES string of the molecule is CC[C@@H](C)c1cc(C(=O)N(C)c2ccccc2S(C)(=O)=O)on1. The predicted molar refractivity (Wildman–Crippen MR) is 87.5 cm³/mol. The van der Waals surface area contributed by atoms with Crippen LogP contribution in [0.25, 0.3) is 0 Å². The lowest BCUT2D eigenvalue weighted by Crippen LogP contribution is -2.27. The quantitative estimate of drug-likeness (QED) is 0.838. The Bertz CT molecular complexity index is 811. The Labute approximate surface area is 136 Å². The van der Waals surface area contributed by atoms with E-state index in [0.717, 1.165) is 12.7 Å². The molecule has 2 rings (SSSR count). The summed E-state index contributed by atoms with van der Waals surface area (Å²) in [4.78, 5) is 13.9. The van der Waals surface area contributed by atoms with Crippen molar-refractivity contribution in [1.82, 2.24) is 5.16 Å². The summed E-state index contributed by atoms with van der Waals surface area (Å²) in [5, 5.41) is 3.91. The first-order chi connectivity index (χ1) is 10.8. The van der Waals surface area contributed by atoms with E-state index in [4.69, 9.17) is 4.52 Å². The fraction of sp³-hybridized carbons (Fsp3) is 0.375. The lowest BCUT2D eigenvalue weighted by atomic mass is 10.1. The predicted octanol–water partition coefficient (Wildman–Crippen LogP) is 2.87. The number of nitrogens with zero attached hydrogens (tertiary/aromatic N) is 2. The minimum absolute atomic E-state index is 0.0890. The summed E-state index contributed by atoms with van der Waals surface area (Å²) in [5.74, 6) is -0.164. The Morgan fingerprint density at radius 1 is 1.35 bits per heavy atom. The second-order valence-corrected chi connectivity index (χ2v) is 7.51. The van der Waals surface area contributed by atoms with Gasteiger partial charge in [-0.3, -0.25) is 4.79 Å². The molecule has 1 amide bonds. The zero-order valence-electron chi connectivity index (χ0n) is 13.6. The number of benzene rings is 1. The van der Waals surface area contributed by atoms with Crippen LogP contribution in [-0.2, 0) is 9.84 Å². The normalized spacial score (nSPS) is 12.9. The van der Waals surface area contributed by atoms with Crippen molar-refractivity contribution in [2.45, 2.75) is 31.1 Å². The number of aromatic nitrogens is 1. The summed E-state index contributed by atoms with van der Waals surface area (Å²) in [6.45, 7) is 4.02. The number of sulfone groups is 1. The summed E-state index contributed by atoms with van der Waals surface area (Å²) < 4.78 is 28.9. The van der Waals surface area contributed by atoms with Crippen LogP contribution >= 0.6 is 0 Å². The van der Waals surface area contributed by atoms with E-state index in [0.29, 0.717) is 11.4 Å². The average Bonchev–Trinajstić information content (AvgIpc) is 3.01. The van der Waals surface area contributed by atoms with Gasteiger partial charge in [0.1, 0.15) is 0 Å². The highest BCUT2D eigenvalue weighted by Crippen LogP contribution is 2.26. The molecular weight excluding hydrogens is 316 g/mol. The topological polar surface area (TPSA) is 80.5 Å². The van der Waals surface area contributed by atoms with Crippen molar-refractivity contribution in [2.75, 3.05) is 18.2 Å². The van der Waals surface area contributed by atoms with Crippen molar-refractivity contribution in [3.63, 3.8) is 0 Å². The fourth-order valence-electron chi connectivity index (χ4n) is 2.15. The molecule has 7 heteroatoms. The number of anilines is 1. The van der Waals surface area contributed by atoms with Crippen LogP contribution in [0, 0.1) is 0 Å². The molecule has 1 atom stereocenters. The van der Waals surface area contributed by atoms with Gasteiger partial charge in [0.15, 0.2) is 9.84 Å². The third kappa shape index (κ3) is 3.61. The highest BCUT2D eigenvalue weighted by Gasteiger charge is 2.24. The molecular formula is C16H20N2O4S. The summed E-state index contributed by atoms with van der Waals surface area (Å²) in [5.41, 5.74) is 1.02. The van der Waals surface area contributed by atoms with Gasteiger partial charge in [0.05, 0.1) is 16.3 Å². The largest absolute Gasteiger partial charge is 0.351 e. The number of carbonyl (C=O) groups excluding carboxylic acids is 1. The van der Waals surface area contributed by atoms with Gasteiger partial charge in [-0.15, -0.1) is 0 Å². The molecule has 0 fully saturated rings. The van der Waals surface area contributed by atoms with Crippen molar-refractivity contribution in [3.8, 4) is 0 Å². The summed E-state index contributed by atoms with van der Waals surface area (Å²) in [6.07, 6.45) is 1.99. The fourth-order valence-corrected chi connectivity index (χ4v) is 3.06. The van der Waals surface area contributed by atoms with E-state index in [2.05, 4.69) is 5.16 Å². The monoisotopic (exact) mass is 336 g/mol. The zero-order valence-corrected chi connectivity index (χ0v) is 14.4. The Hall–Kier alpha value is -2.15. The van der Waals surface area contributed by atoms with Crippen LogP contribution in [0.4, 0.5) is 5.69 Å². The van der Waals surface area contributed by atoms with Crippen molar-refractivity contribution >= 4 is 21.4 Å². The standard InChI is InChI=1S/C16H20N2O4S/c1-5-11(2)12-10-14(22-17-12)16(19)18(3)13-8-6-7-9-15(13)23(4,20)21/h6-11H,5H2,1-4H3/t11-/m1/s1. The lowest BCUT2D eigenvalue weighted by Gasteiger charge is -2.18. The van der Waals surface area contributed by atoms with E-state index in [-0.39, 0.29) is 16.6 Å². The van der Waals surface area contributed by atoms with Gasteiger partial charge in [0.2, 0.25) is 5.76 Å². The van der Waals surface area contributed by atoms with Crippen LogP contribution < -0.4 is 4.90 Å². The first-order valence-electron chi connectivity index (χ1n) is 7.29. The maximum Gasteiger partial charge on any atom is 0.296 e. The van der Waals surface area contributed by atoms with E-state index in [9.17, 15) is 13.2 Å². The minimum atomic E-state index is -3.45. The van der Waals surface area contributed by atoms with Crippen molar-refractivity contribution in [3.05, 3.63) is 41.8 Å². The molecule has 124 valence electrons. The van der Waals surface area contributed by atoms with Gasteiger partial charge in [-0.05, 0) is 18.6 Å². The highest BCUT2D eigenvalue weighted by molar-refractivity contribution is 7.90. The maximum absolute atomic E-state index is 12.5. The molecule has 0 spiro atoms. The molecule has 0 aliphatic heterocycles. The second-order valence-electron chi connectivity index (χ2n) is 5.53. The molecule has 0 aliphatic rings. The average molecular weight is 336 g/mol. The number of rotatable bonds is 5. The van der Waals surface area contributed by atoms with Crippen molar-refractivity contribution in [2.24, 2.45) is 0 Å². The molecule has 0 saturated carbocycles. The highest BCUT2D eigenvalue weighted by atomic mass is 32.2. The molecule has 1 aromatic carbocycles. The maximum atomic E-state index is 12.5. The second kappa shape index (κ2) is 6.54. The number of amides is 1. The van der Waals surface area contributed by atoms with Gasteiger partial charge in [-0.25, -0.2) is 8.42 Å². The molecule has 0 bridgehead atoms. The van der Waals surface area contributed by atoms with Gasteiger partial charge in [0, 0.05) is 25.3 Å². The van der Waals surface area contributed by atoms with Crippen molar-refractivity contribution in [1.29, 1.82) is 0 Å². The molecule has 2 aromatic rings. The summed E-state index contributed by atoms with van der Waals surface area (Å²) in [7, 11) is -1.93. The minimum Gasteiger partial charge on any atom is -0.351 e. The molecule has 0 unspecified atom stereocenters. The smallest absolute Gasteiger partial charge is 0.296 e. The molecule has 0 radical (unpaired) electrons. The zero-order chi connectivity index (χ0) is 17.2. The van der Waals surface area contributed by atoms with E-state index in [1.165, 1.54) is 18.0 Å². The van der Waals surface area contributed by atoms with Crippen LogP contribution in [-0.4, -0.2) is 32.8 Å². The molecule has 6 nitrogen and oxygen atoms in total. The number of hydrogen-bond donors (Lipinski definition) is 0. The molecule has 1 heterocycles. The van der Waals surface area contributed by atoms with Gasteiger partial charge < -0.3 is 9.42 Å². The van der Waals surface area contributed by atoms with Gasteiger partial charge in [-0.2, -0.15) is 0 Å². The Morgan fingerprint density at radius 2 is 2.00 bits per heavy atom. The van der Waals surface area contributed by atoms with Crippen LogP contribution in [0.1, 0.15) is 42.4 Å². The van der Waals surface area contributed by atoms with Gasteiger partial charge in [-0.1, -0.05) is 31.1 Å². The Morgan fingerprint density at radius 3 is 2.61 bits per heavy atom.